The second-order valence-corrected chi connectivity index (χ2v) is 10.5. The number of aromatic nitrogens is 2. The molecule has 1 aliphatic carbocycles. The zero-order valence-corrected chi connectivity index (χ0v) is 20.9. The molecule has 1 aromatic carbocycles. The van der Waals surface area contributed by atoms with Crippen LogP contribution in [-0.4, -0.2) is 34.1 Å². The van der Waals surface area contributed by atoms with Gasteiger partial charge in [0, 0.05) is 17.2 Å². The van der Waals surface area contributed by atoms with Gasteiger partial charge in [0.2, 0.25) is 0 Å². The molecule has 2 aliphatic rings. The van der Waals surface area contributed by atoms with Crippen LogP contribution in [0.1, 0.15) is 76.1 Å². The van der Waals surface area contributed by atoms with Crippen LogP contribution < -0.4 is 11.1 Å². The number of nitrogens with two attached hydrogens (primary N) is 1. The summed E-state index contributed by atoms with van der Waals surface area (Å²) in [6.07, 6.45) is 7.21. The monoisotopic (exact) mass is 489 g/mol. The third kappa shape index (κ3) is 5.81. The first-order valence-electron chi connectivity index (χ1n) is 11.7. The average Bonchev–Trinajstić information content (AvgIpc) is 3.48. The fourth-order valence-electron chi connectivity index (χ4n) is 4.23. The highest BCUT2D eigenvalue weighted by molar-refractivity contribution is 7.98. The average molecular weight is 490 g/mol. The van der Waals surface area contributed by atoms with Crippen LogP contribution in [0.2, 0.25) is 0 Å². The van der Waals surface area contributed by atoms with Gasteiger partial charge in [-0.15, -0.1) is 11.8 Å². The highest BCUT2D eigenvalue weighted by Crippen LogP contribution is 2.41. The van der Waals surface area contributed by atoms with Crippen molar-refractivity contribution in [3.05, 3.63) is 41.4 Å². The van der Waals surface area contributed by atoms with Gasteiger partial charge in [-0.2, -0.15) is 0 Å². The number of nitrogens with zero attached hydrogens (tertiary/aromatic N) is 2. The van der Waals surface area contributed by atoms with Crippen LogP contribution in [-0.2, 0) is 4.74 Å². The first kappa shape index (κ1) is 24.7. The molecule has 184 valence electrons. The topological polar surface area (TPSA) is 88.3 Å². The second-order valence-electron chi connectivity index (χ2n) is 9.63. The Labute approximate surface area is 203 Å². The minimum atomic E-state index is -2.74. The Kier molecular flexibility index (Phi) is 7.33. The first-order valence-corrected chi connectivity index (χ1v) is 12.9. The summed E-state index contributed by atoms with van der Waals surface area (Å²) in [4.78, 5) is 12.1. The van der Waals surface area contributed by atoms with Gasteiger partial charge < -0.3 is 20.8 Å². The lowest BCUT2D eigenvalue weighted by Gasteiger charge is -2.20. The molecule has 6 nitrogen and oxygen atoms in total. The van der Waals surface area contributed by atoms with E-state index >= 15 is 0 Å². The van der Waals surface area contributed by atoms with Crippen molar-refractivity contribution in [2.24, 2.45) is 10.9 Å². The molecule has 2 heterocycles. The molecular weight excluding hydrogens is 456 g/mol. The van der Waals surface area contributed by atoms with Crippen LogP contribution >= 0.6 is 11.8 Å². The molecule has 4 N–H and O–H groups in total. The van der Waals surface area contributed by atoms with Crippen molar-refractivity contribution in [1.82, 2.24) is 9.97 Å². The van der Waals surface area contributed by atoms with Gasteiger partial charge in [0.05, 0.1) is 23.1 Å². The van der Waals surface area contributed by atoms with E-state index in [1.54, 1.807) is 24.1 Å². The van der Waals surface area contributed by atoms with Crippen molar-refractivity contribution in [2.75, 3.05) is 17.3 Å². The van der Waals surface area contributed by atoms with Gasteiger partial charge >= 0.3 is 0 Å². The fraction of sp³-hybridized carbons (Fsp3) is 0.520. The van der Waals surface area contributed by atoms with Gasteiger partial charge in [0.25, 0.3) is 6.43 Å². The smallest absolute Gasteiger partial charge is 0.295 e. The van der Waals surface area contributed by atoms with Crippen LogP contribution in [0.15, 0.2) is 34.2 Å². The highest BCUT2D eigenvalue weighted by atomic mass is 32.2. The van der Waals surface area contributed by atoms with Gasteiger partial charge in [-0.3, -0.25) is 4.99 Å². The molecular formula is C25H33F2N5OS. The van der Waals surface area contributed by atoms with Crippen LogP contribution in [0.5, 0.6) is 0 Å². The molecule has 0 bridgehead atoms. The van der Waals surface area contributed by atoms with E-state index in [4.69, 9.17) is 10.5 Å². The van der Waals surface area contributed by atoms with Crippen LogP contribution in [0.3, 0.4) is 0 Å². The van der Waals surface area contributed by atoms with Crippen LogP contribution in [0.25, 0.3) is 5.70 Å². The number of hydrogen-bond donors (Lipinski definition) is 3. The lowest BCUT2D eigenvalue weighted by atomic mass is 10.0. The maximum Gasteiger partial charge on any atom is 0.295 e. The normalized spacial score (nSPS) is 21.5. The Morgan fingerprint density at radius 1 is 1.35 bits per heavy atom. The molecule has 4 rings (SSSR count). The number of nitrogens with one attached hydrogen (secondary N) is 2. The van der Waals surface area contributed by atoms with E-state index in [1.807, 2.05) is 12.3 Å². The lowest BCUT2D eigenvalue weighted by molar-refractivity contribution is -0.0164. The van der Waals surface area contributed by atoms with Gasteiger partial charge in [-0.05, 0) is 82.4 Å². The number of allylic oxidation sites excluding steroid dienone is 1. The van der Waals surface area contributed by atoms with Crippen molar-refractivity contribution in [1.29, 1.82) is 0 Å². The summed E-state index contributed by atoms with van der Waals surface area (Å²) in [7, 11) is 0. The van der Waals surface area contributed by atoms with E-state index < -0.39 is 12.2 Å². The number of nitrogen functional groups attached to an aromatic ring is 1. The zero-order chi connectivity index (χ0) is 24.5. The number of imidazole rings is 1. The van der Waals surface area contributed by atoms with Gasteiger partial charge in [0.15, 0.2) is 11.6 Å². The second kappa shape index (κ2) is 10.1. The number of benzene rings is 1. The third-order valence-electron chi connectivity index (χ3n) is 6.43. The number of H-pyrrole nitrogens is 1. The maximum absolute atomic E-state index is 13.2. The highest BCUT2D eigenvalue weighted by Gasteiger charge is 2.32. The summed E-state index contributed by atoms with van der Waals surface area (Å²) in [5.74, 6) is 0.189. The van der Waals surface area contributed by atoms with Crippen molar-refractivity contribution >= 4 is 35.2 Å². The molecule has 1 saturated heterocycles. The Balaban J connectivity index is 1.62. The number of aromatic amines is 1. The number of anilines is 2. The van der Waals surface area contributed by atoms with Crippen molar-refractivity contribution in [3.63, 3.8) is 0 Å². The molecule has 2 fully saturated rings. The number of rotatable bonds is 9. The van der Waals surface area contributed by atoms with Crippen molar-refractivity contribution in [2.45, 2.75) is 75.5 Å². The molecule has 0 amide bonds. The molecule has 1 aliphatic heterocycles. The molecule has 9 heteroatoms. The quantitative estimate of drug-likeness (QED) is 0.273. The zero-order valence-electron chi connectivity index (χ0n) is 20.1. The van der Waals surface area contributed by atoms with E-state index in [-0.39, 0.29) is 23.6 Å². The molecule has 0 spiro atoms. The number of halogens is 2. The summed E-state index contributed by atoms with van der Waals surface area (Å²) in [5, 5.41) is 3.37. The summed E-state index contributed by atoms with van der Waals surface area (Å²) >= 11 is 1.60. The predicted octanol–water partition coefficient (Wildman–Crippen LogP) is 6.60. The molecule has 1 saturated carbocycles. The third-order valence-corrected chi connectivity index (χ3v) is 7.21. The van der Waals surface area contributed by atoms with Crippen LogP contribution in [0.4, 0.5) is 20.3 Å². The predicted molar refractivity (Wildman–Crippen MR) is 136 cm³/mol. The summed E-state index contributed by atoms with van der Waals surface area (Å²) in [6.45, 7) is 6.32. The van der Waals surface area contributed by atoms with E-state index in [0.29, 0.717) is 17.3 Å². The molecule has 2 unspecified atom stereocenters. The van der Waals surface area contributed by atoms with E-state index in [2.05, 4.69) is 53.2 Å². The van der Waals surface area contributed by atoms with Gasteiger partial charge in [-0.1, -0.05) is 6.07 Å². The molecule has 1 aromatic heterocycles. The summed E-state index contributed by atoms with van der Waals surface area (Å²) in [6, 6.07) is 6.40. The van der Waals surface area contributed by atoms with Crippen molar-refractivity contribution < 1.29 is 13.5 Å². The van der Waals surface area contributed by atoms with E-state index in [9.17, 15) is 8.78 Å². The minimum absolute atomic E-state index is 0.0154. The maximum atomic E-state index is 13.2. The number of thioether (sulfide) groups is 1. The Morgan fingerprint density at radius 2 is 2.12 bits per heavy atom. The molecule has 0 radical (unpaired) electrons. The number of alkyl halides is 2. The fourth-order valence-corrected chi connectivity index (χ4v) is 4.82. The Hall–Kier alpha value is -2.39. The number of aliphatic imine (C=N–C) groups is 1. The molecule has 2 aromatic rings. The largest absolute Gasteiger partial charge is 0.382 e. The Bertz CT molecular complexity index is 1080. The summed E-state index contributed by atoms with van der Waals surface area (Å²) < 4.78 is 32.7. The summed E-state index contributed by atoms with van der Waals surface area (Å²) in [5.41, 5.74) is 8.71. The molecule has 34 heavy (non-hydrogen) atoms. The van der Waals surface area contributed by atoms with Crippen LogP contribution in [0, 0.1) is 5.92 Å². The lowest BCUT2D eigenvalue weighted by Crippen LogP contribution is -2.17. The van der Waals surface area contributed by atoms with E-state index in [0.717, 1.165) is 29.0 Å². The van der Waals surface area contributed by atoms with Gasteiger partial charge in [0.1, 0.15) is 5.69 Å². The number of ether oxygens (including phenoxy) is 1. The Morgan fingerprint density at radius 3 is 2.71 bits per heavy atom. The SMILES string of the molecule is CSc1cc(C2CCC(C)(C)O2)ccc1N/C(=C/C=NC(C)C1CC1)c1[nH]c(C(F)F)nc1N. The molecule has 2 atom stereocenters. The van der Waals surface area contributed by atoms with Gasteiger partial charge in [-0.25, -0.2) is 13.8 Å². The van der Waals surface area contributed by atoms with E-state index in [1.165, 1.54) is 12.8 Å². The first-order chi connectivity index (χ1) is 16.2. The minimum Gasteiger partial charge on any atom is -0.382 e. The van der Waals surface area contributed by atoms with Crippen molar-refractivity contribution in [3.8, 4) is 0 Å². The standard InChI is InChI=1S/C25H33F2N5OS/c1-14(15-5-6-15)29-12-10-18(21-23(28)32-24(31-21)22(26)27)30-17-8-7-16(13-20(17)34-4)19-9-11-25(2,3)33-19/h7-8,10,12-15,19,22,30H,5-6,9,11,28H2,1-4H3,(H,31,32)/b18-10+,29-12?. The number of hydrogen-bond acceptors (Lipinski definition) is 6.